The van der Waals surface area contributed by atoms with E-state index in [1.54, 1.807) is 0 Å². The number of hydrogen-bond donors (Lipinski definition) is 2. The highest BCUT2D eigenvalue weighted by Crippen LogP contribution is 2.57. The number of guanidine groups is 1. The molecule has 158 valence electrons. The van der Waals surface area contributed by atoms with E-state index in [1.807, 2.05) is 24.1 Å². The van der Waals surface area contributed by atoms with Gasteiger partial charge in [-0.2, -0.15) is 0 Å². The molecule has 6 nitrogen and oxygen atoms in total. The van der Waals surface area contributed by atoms with Gasteiger partial charge in [0.05, 0.1) is 6.10 Å². The molecular formula is C23H34N4O2. The number of benzene rings is 1. The van der Waals surface area contributed by atoms with Gasteiger partial charge in [0, 0.05) is 51.2 Å². The summed E-state index contributed by atoms with van der Waals surface area (Å²) >= 11 is 0. The van der Waals surface area contributed by atoms with E-state index in [1.165, 1.54) is 30.4 Å². The van der Waals surface area contributed by atoms with Gasteiger partial charge in [-0.15, -0.1) is 0 Å². The maximum atomic E-state index is 12.5. The van der Waals surface area contributed by atoms with Crippen LogP contribution in [0.4, 0.5) is 0 Å². The fourth-order valence-electron chi connectivity index (χ4n) is 5.11. The molecule has 1 heterocycles. The van der Waals surface area contributed by atoms with E-state index in [9.17, 15) is 4.79 Å². The second-order valence-electron chi connectivity index (χ2n) is 8.58. The fraction of sp³-hybridized carbons (Fsp3) is 0.652. The lowest BCUT2D eigenvalue weighted by Crippen LogP contribution is -2.68. The van der Waals surface area contributed by atoms with Crippen molar-refractivity contribution in [3.63, 3.8) is 0 Å². The summed E-state index contributed by atoms with van der Waals surface area (Å²) in [5.74, 6) is 1.08. The SMILES string of the molecule is CCOC1CC(NC(=NC)NCCCC(=O)N2Cc3ccccc3C2)C12CCC2. The lowest BCUT2D eigenvalue weighted by atomic mass is 9.51. The number of nitrogens with one attached hydrogen (secondary N) is 2. The summed E-state index contributed by atoms with van der Waals surface area (Å²) in [6.45, 7) is 5.12. The molecule has 2 N–H and O–H groups in total. The summed E-state index contributed by atoms with van der Waals surface area (Å²) < 4.78 is 5.94. The standard InChI is InChI=1S/C23H34N4O2/c1-3-29-20-14-19(23(20)11-7-12-23)26-22(24-2)25-13-6-10-21(28)27-15-17-8-4-5-9-18(17)16-27/h4-5,8-9,19-20H,3,6-7,10-16H2,1-2H3,(H2,24,25,26). The van der Waals surface area contributed by atoms with Crippen LogP contribution in [0.25, 0.3) is 0 Å². The van der Waals surface area contributed by atoms with Crippen molar-refractivity contribution in [2.75, 3.05) is 20.2 Å². The highest BCUT2D eigenvalue weighted by Gasteiger charge is 2.59. The zero-order chi connectivity index (χ0) is 20.3. The molecule has 0 saturated heterocycles. The molecule has 1 amide bonds. The lowest BCUT2D eigenvalue weighted by molar-refractivity contribution is -0.168. The Morgan fingerprint density at radius 3 is 2.59 bits per heavy atom. The van der Waals surface area contributed by atoms with Crippen molar-refractivity contribution in [1.82, 2.24) is 15.5 Å². The molecule has 29 heavy (non-hydrogen) atoms. The first-order valence-corrected chi connectivity index (χ1v) is 11.1. The average Bonchev–Trinajstić information content (AvgIpc) is 3.11. The maximum Gasteiger partial charge on any atom is 0.223 e. The average molecular weight is 399 g/mol. The number of nitrogens with zero attached hydrogens (tertiary/aromatic N) is 2. The van der Waals surface area contributed by atoms with Crippen LogP contribution in [-0.2, 0) is 22.6 Å². The van der Waals surface area contributed by atoms with E-state index >= 15 is 0 Å². The third-order valence-electron chi connectivity index (χ3n) is 7.03. The maximum absolute atomic E-state index is 12.5. The summed E-state index contributed by atoms with van der Waals surface area (Å²) in [4.78, 5) is 18.9. The highest BCUT2D eigenvalue weighted by molar-refractivity contribution is 5.80. The number of carbonyl (C=O) groups is 1. The molecule has 1 aromatic carbocycles. The van der Waals surface area contributed by atoms with Gasteiger partial charge in [-0.3, -0.25) is 9.79 Å². The molecule has 2 atom stereocenters. The normalized spacial score (nSPS) is 24.6. The first kappa shape index (κ1) is 20.2. The minimum absolute atomic E-state index is 0.234. The van der Waals surface area contributed by atoms with Crippen molar-refractivity contribution in [3.8, 4) is 0 Å². The number of amides is 1. The van der Waals surface area contributed by atoms with Gasteiger partial charge >= 0.3 is 0 Å². The Hall–Kier alpha value is -2.08. The Morgan fingerprint density at radius 2 is 2.00 bits per heavy atom. The third-order valence-corrected chi connectivity index (χ3v) is 7.03. The molecule has 1 aromatic rings. The Labute approximate surface area is 174 Å². The van der Waals surface area contributed by atoms with Gasteiger partial charge in [-0.1, -0.05) is 30.7 Å². The molecule has 3 aliphatic rings. The summed E-state index contributed by atoms with van der Waals surface area (Å²) in [7, 11) is 1.81. The summed E-state index contributed by atoms with van der Waals surface area (Å²) in [5.41, 5.74) is 2.87. The van der Waals surface area contributed by atoms with Crippen molar-refractivity contribution < 1.29 is 9.53 Å². The van der Waals surface area contributed by atoms with Gasteiger partial charge < -0.3 is 20.3 Å². The van der Waals surface area contributed by atoms with Gasteiger partial charge in [-0.25, -0.2) is 0 Å². The molecule has 4 rings (SSSR count). The van der Waals surface area contributed by atoms with Crippen LogP contribution in [0.3, 0.4) is 0 Å². The van der Waals surface area contributed by atoms with Crippen LogP contribution >= 0.6 is 0 Å². The highest BCUT2D eigenvalue weighted by atomic mass is 16.5. The molecule has 0 aromatic heterocycles. The monoisotopic (exact) mass is 398 g/mol. The molecule has 2 aliphatic carbocycles. The summed E-state index contributed by atoms with van der Waals surface area (Å²) in [6, 6.07) is 8.77. The van der Waals surface area contributed by atoms with Crippen LogP contribution in [0.15, 0.2) is 29.3 Å². The molecule has 1 aliphatic heterocycles. The number of ether oxygens (including phenoxy) is 1. The molecule has 2 unspecified atom stereocenters. The van der Waals surface area contributed by atoms with Crippen molar-refractivity contribution >= 4 is 11.9 Å². The van der Waals surface area contributed by atoms with E-state index in [0.717, 1.165) is 45.0 Å². The van der Waals surface area contributed by atoms with Gasteiger partial charge in [0.1, 0.15) is 0 Å². The number of hydrogen-bond acceptors (Lipinski definition) is 3. The molecule has 6 heteroatoms. The molecule has 0 radical (unpaired) electrons. The fourth-order valence-corrected chi connectivity index (χ4v) is 5.11. The Morgan fingerprint density at radius 1 is 1.28 bits per heavy atom. The minimum Gasteiger partial charge on any atom is -0.378 e. The third kappa shape index (κ3) is 4.00. The van der Waals surface area contributed by atoms with Gasteiger partial charge in [0.15, 0.2) is 5.96 Å². The topological polar surface area (TPSA) is 66.0 Å². The van der Waals surface area contributed by atoms with Crippen LogP contribution in [0.2, 0.25) is 0 Å². The number of fused-ring (bicyclic) bond motifs is 1. The van der Waals surface area contributed by atoms with Gasteiger partial charge in [0.2, 0.25) is 5.91 Å². The van der Waals surface area contributed by atoms with Crippen molar-refractivity contribution in [3.05, 3.63) is 35.4 Å². The summed E-state index contributed by atoms with van der Waals surface area (Å²) in [5, 5.41) is 6.99. The minimum atomic E-state index is 0.234. The number of carbonyl (C=O) groups excluding carboxylic acids is 1. The Bertz CT molecular complexity index is 734. The molecule has 2 saturated carbocycles. The van der Waals surface area contributed by atoms with E-state index in [-0.39, 0.29) is 5.91 Å². The van der Waals surface area contributed by atoms with Crippen molar-refractivity contribution in [2.45, 2.75) is 70.7 Å². The summed E-state index contributed by atoms with van der Waals surface area (Å²) in [6.07, 6.45) is 6.64. The van der Waals surface area contributed by atoms with E-state index < -0.39 is 0 Å². The smallest absolute Gasteiger partial charge is 0.223 e. The molecule has 1 spiro atoms. The largest absolute Gasteiger partial charge is 0.378 e. The second kappa shape index (κ2) is 8.74. The predicted octanol–water partition coefficient (Wildman–Crippen LogP) is 2.82. The Kier molecular flexibility index (Phi) is 6.09. The first-order chi connectivity index (χ1) is 14.2. The predicted molar refractivity (Wildman–Crippen MR) is 115 cm³/mol. The van der Waals surface area contributed by atoms with Crippen molar-refractivity contribution in [2.24, 2.45) is 10.4 Å². The zero-order valence-corrected chi connectivity index (χ0v) is 17.7. The van der Waals surface area contributed by atoms with Gasteiger partial charge in [0.25, 0.3) is 0 Å². The van der Waals surface area contributed by atoms with Crippen LogP contribution < -0.4 is 10.6 Å². The number of rotatable bonds is 7. The van der Waals surface area contributed by atoms with E-state index in [2.05, 4.69) is 34.7 Å². The Balaban J connectivity index is 1.17. The van der Waals surface area contributed by atoms with Crippen molar-refractivity contribution in [1.29, 1.82) is 0 Å². The number of aliphatic imine (C=N–C) groups is 1. The molecular weight excluding hydrogens is 364 g/mol. The van der Waals surface area contributed by atoms with Crippen LogP contribution in [0.5, 0.6) is 0 Å². The lowest BCUT2D eigenvalue weighted by Gasteiger charge is -2.61. The quantitative estimate of drug-likeness (QED) is 0.421. The second-order valence-corrected chi connectivity index (χ2v) is 8.58. The zero-order valence-electron chi connectivity index (χ0n) is 17.7. The van der Waals surface area contributed by atoms with E-state index in [4.69, 9.17) is 4.74 Å². The van der Waals surface area contributed by atoms with Crippen LogP contribution in [0.1, 0.15) is 56.6 Å². The first-order valence-electron chi connectivity index (χ1n) is 11.1. The van der Waals surface area contributed by atoms with Crippen LogP contribution in [-0.4, -0.2) is 49.1 Å². The molecule has 0 bridgehead atoms. The molecule has 2 fully saturated rings. The van der Waals surface area contributed by atoms with Gasteiger partial charge in [-0.05, 0) is 43.7 Å². The van der Waals surface area contributed by atoms with Crippen LogP contribution in [0, 0.1) is 5.41 Å². The van der Waals surface area contributed by atoms with E-state index in [0.29, 0.717) is 24.0 Å².